The number of sulfone groups is 1. The Labute approximate surface area is 239 Å². The molecule has 1 atom stereocenters. The number of nitrogens with zero attached hydrogens (tertiary/aromatic N) is 1. The number of aryl methyl sites for hydroxylation is 1. The number of rotatable bonds is 5. The number of H-pyrrole nitrogens is 1. The molecule has 0 saturated carbocycles. The van der Waals surface area contributed by atoms with Crippen molar-refractivity contribution in [2.45, 2.75) is 38.0 Å². The van der Waals surface area contributed by atoms with E-state index < -0.39 is 27.6 Å². The molecule has 0 fully saturated rings. The maximum absolute atomic E-state index is 14.2. The first-order valence-electron chi connectivity index (χ1n) is 13.2. The van der Waals surface area contributed by atoms with E-state index in [-0.39, 0.29) is 30.3 Å². The molecule has 0 spiro atoms. The number of allylic oxidation sites excluding steroid dienone is 4. The Morgan fingerprint density at radius 3 is 2.66 bits per heavy atom. The number of aromatic amines is 1. The van der Waals surface area contributed by atoms with Crippen LogP contribution in [0.4, 0.5) is 4.39 Å². The van der Waals surface area contributed by atoms with E-state index in [1.165, 1.54) is 29.2 Å². The van der Waals surface area contributed by atoms with E-state index in [2.05, 4.69) is 16.9 Å². The lowest BCUT2D eigenvalue weighted by molar-refractivity contribution is -0.133. The molecule has 2 aromatic carbocycles. The molecule has 2 N–H and O–H groups in total. The molecular formula is C31H34FN3O5S. The maximum atomic E-state index is 14.2. The molecule has 1 aliphatic heterocycles. The Bertz CT molecular complexity index is 1660. The molecule has 2 heterocycles. The number of methoxy groups -OCH3 is 1. The van der Waals surface area contributed by atoms with Crippen LogP contribution in [0.25, 0.3) is 10.9 Å². The Morgan fingerprint density at radius 2 is 1.93 bits per heavy atom. The van der Waals surface area contributed by atoms with Gasteiger partial charge in [0.05, 0.1) is 30.8 Å². The fourth-order valence-corrected chi connectivity index (χ4v) is 6.25. The van der Waals surface area contributed by atoms with Crippen molar-refractivity contribution in [2.75, 3.05) is 19.9 Å². The van der Waals surface area contributed by atoms with E-state index in [9.17, 15) is 22.4 Å². The summed E-state index contributed by atoms with van der Waals surface area (Å²) in [6.07, 6.45) is 5.18. The predicted octanol–water partition coefficient (Wildman–Crippen LogP) is 4.13. The summed E-state index contributed by atoms with van der Waals surface area (Å²) in [5.41, 5.74) is 3.35. The van der Waals surface area contributed by atoms with Gasteiger partial charge in [-0.1, -0.05) is 30.8 Å². The van der Waals surface area contributed by atoms with Gasteiger partial charge in [-0.2, -0.15) is 0 Å². The highest BCUT2D eigenvalue weighted by molar-refractivity contribution is 7.90. The summed E-state index contributed by atoms with van der Waals surface area (Å²) in [5.74, 6) is -1.14. The summed E-state index contributed by atoms with van der Waals surface area (Å²) in [6, 6.07) is 10.5. The predicted molar refractivity (Wildman–Crippen MR) is 157 cm³/mol. The van der Waals surface area contributed by atoms with Crippen LogP contribution in [0, 0.1) is 5.82 Å². The van der Waals surface area contributed by atoms with Gasteiger partial charge in [-0.05, 0) is 66.5 Å². The first-order chi connectivity index (χ1) is 19.5. The van der Waals surface area contributed by atoms with Gasteiger partial charge in [0.2, 0.25) is 11.8 Å². The van der Waals surface area contributed by atoms with E-state index in [0.29, 0.717) is 40.0 Å². The Balaban J connectivity index is 1.75. The van der Waals surface area contributed by atoms with E-state index in [1.54, 1.807) is 33.2 Å². The number of likely N-dealkylation sites (N-methyl/N-ethyl adjacent to an activating group) is 1. The number of aromatic nitrogens is 1. The van der Waals surface area contributed by atoms with Crippen molar-refractivity contribution >= 4 is 32.6 Å². The first-order valence-corrected chi connectivity index (χ1v) is 15.0. The molecule has 1 aromatic heterocycles. The lowest BCUT2D eigenvalue weighted by atomic mass is 10.0. The number of carbonyl (C=O) groups is 2. The topological polar surface area (TPSA) is 109 Å². The zero-order valence-corrected chi connectivity index (χ0v) is 24.2. The minimum Gasteiger partial charge on any atom is -0.501 e. The van der Waals surface area contributed by atoms with Gasteiger partial charge in [0, 0.05) is 35.8 Å². The summed E-state index contributed by atoms with van der Waals surface area (Å²) in [5, 5.41) is 3.29. The van der Waals surface area contributed by atoms with Crippen LogP contribution >= 0.6 is 0 Å². The van der Waals surface area contributed by atoms with Crippen LogP contribution < -0.4 is 5.32 Å². The zero-order valence-electron chi connectivity index (χ0n) is 23.4. The average Bonchev–Trinajstić information content (AvgIpc) is 3.25. The SMILES string of the molecule is C=C/C(=C\C=C(/C)OC)N(C)C(=O)[C@@H]1Cc2cccc(c2)CCS(=O)(=O)Cc2[nH]c3ccc(F)cc3c2CC(=O)N1. The molecular weight excluding hydrogens is 545 g/mol. The van der Waals surface area contributed by atoms with E-state index >= 15 is 0 Å². The molecule has 0 aliphatic carbocycles. The van der Waals surface area contributed by atoms with Crippen molar-refractivity contribution in [3.8, 4) is 0 Å². The molecule has 4 rings (SSSR count). The normalized spacial score (nSPS) is 18.1. The third kappa shape index (κ3) is 7.32. The molecule has 0 unspecified atom stereocenters. The highest BCUT2D eigenvalue weighted by Gasteiger charge is 2.28. The van der Waals surface area contributed by atoms with Crippen LogP contribution in [0.3, 0.4) is 0 Å². The van der Waals surface area contributed by atoms with Crippen LogP contribution in [0.1, 0.15) is 29.3 Å². The summed E-state index contributed by atoms with van der Waals surface area (Å²) in [7, 11) is -0.411. The minimum atomic E-state index is -3.56. The quantitative estimate of drug-likeness (QED) is 0.349. The largest absolute Gasteiger partial charge is 0.501 e. The average molecular weight is 580 g/mol. The van der Waals surface area contributed by atoms with Gasteiger partial charge >= 0.3 is 0 Å². The minimum absolute atomic E-state index is 0.0984. The molecule has 2 bridgehead atoms. The molecule has 2 amide bonds. The number of ether oxygens (including phenoxy) is 1. The Morgan fingerprint density at radius 1 is 1.17 bits per heavy atom. The molecule has 41 heavy (non-hydrogen) atoms. The van der Waals surface area contributed by atoms with Crippen molar-refractivity contribution in [2.24, 2.45) is 0 Å². The Hall–Kier alpha value is -4.18. The third-order valence-corrected chi connectivity index (χ3v) is 8.72. The molecule has 216 valence electrons. The number of hydrogen-bond acceptors (Lipinski definition) is 5. The number of carbonyl (C=O) groups excluding carboxylic acids is 2. The van der Waals surface area contributed by atoms with Crippen molar-refractivity contribution < 1.29 is 27.1 Å². The maximum Gasteiger partial charge on any atom is 0.249 e. The summed E-state index contributed by atoms with van der Waals surface area (Å²) >= 11 is 0. The molecule has 0 saturated heterocycles. The summed E-state index contributed by atoms with van der Waals surface area (Å²) in [4.78, 5) is 31.7. The van der Waals surface area contributed by atoms with Gasteiger partial charge in [0.25, 0.3) is 0 Å². The smallest absolute Gasteiger partial charge is 0.249 e. The van der Waals surface area contributed by atoms with Gasteiger partial charge in [-0.15, -0.1) is 0 Å². The zero-order chi connectivity index (χ0) is 29.7. The van der Waals surface area contributed by atoms with Crippen LogP contribution in [0.2, 0.25) is 0 Å². The van der Waals surface area contributed by atoms with Crippen molar-refractivity contribution in [3.63, 3.8) is 0 Å². The monoisotopic (exact) mass is 579 g/mol. The highest BCUT2D eigenvalue weighted by atomic mass is 32.2. The van der Waals surface area contributed by atoms with Crippen molar-refractivity contribution in [1.29, 1.82) is 0 Å². The lowest BCUT2D eigenvalue weighted by Crippen LogP contribution is -2.48. The fourth-order valence-electron chi connectivity index (χ4n) is 4.87. The van der Waals surface area contributed by atoms with Gasteiger partial charge in [-0.25, -0.2) is 12.8 Å². The van der Waals surface area contributed by atoms with Crippen LogP contribution in [-0.2, 0) is 49.2 Å². The molecule has 1 aliphatic rings. The number of nitrogens with one attached hydrogen (secondary N) is 2. The first kappa shape index (κ1) is 29.8. The number of fused-ring (bicyclic) bond motifs is 5. The van der Waals surface area contributed by atoms with Crippen LogP contribution in [-0.4, -0.2) is 56.1 Å². The Kier molecular flexibility index (Phi) is 9.12. The second-order valence-electron chi connectivity index (χ2n) is 10.1. The molecule has 3 aromatic rings. The van der Waals surface area contributed by atoms with Gasteiger partial charge in [0.1, 0.15) is 11.9 Å². The highest BCUT2D eigenvalue weighted by Crippen LogP contribution is 2.26. The molecule has 0 radical (unpaired) electrons. The number of amides is 2. The van der Waals surface area contributed by atoms with E-state index in [1.807, 2.05) is 24.3 Å². The summed E-state index contributed by atoms with van der Waals surface area (Å²) in [6.45, 7) is 5.59. The van der Waals surface area contributed by atoms with Gasteiger partial charge in [0.15, 0.2) is 9.84 Å². The lowest BCUT2D eigenvalue weighted by Gasteiger charge is -2.26. The number of halogens is 1. The van der Waals surface area contributed by atoms with Crippen molar-refractivity contribution in [1.82, 2.24) is 15.2 Å². The van der Waals surface area contributed by atoms with Crippen molar-refractivity contribution in [3.05, 3.63) is 107 Å². The van der Waals surface area contributed by atoms with E-state index in [4.69, 9.17) is 4.74 Å². The van der Waals surface area contributed by atoms with E-state index in [0.717, 1.165) is 11.1 Å². The third-order valence-electron chi connectivity index (χ3n) is 7.16. The van der Waals surface area contributed by atoms with Crippen LogP contribution in [0.5, 0.6) is 0 Å². The second kappa shape index (κ2) is 12.6. The van der Waals surface area contributed by atoms with Gasteiger partial charge < -0.3 is 19.9 Å². The number of benzene rings is 2. The van der Waals surface area contributed by atoms with Crippen LogP contribution in [0.15, 0.2) is 78.7 Å². The standard InChI is InChI=1S/C31H34FN3O5S/c1-5-24(11-9-20(2)40-4)35(3)31(37)28-16-22-8-6-7-21(15-22)13-14-41(38,39)19-29-26(18-30(36)34-28)25-17-23(32)10-12-27(25)33-29/h5-12,15,17,28,33H,1,13-14,16,18-19H2,2-4H3,(H,34,36)/b20-9+,24-11+/t28-/m0/s1. The summed E-state index contributed by atoms with van der Waals surface area (Å²) < 4.78 is 45.5. The molecule has 10 heteroatoms. The fraction of sp³-hybridized carbons (Fsp3) is 0.290. The number of hydrogen-bond donors (Lipinski definition) is 2. The molecule has 8 nitrogen and oxygen atoms in total. The second-order valence-corrected chi connectivity index (χ2v) is 12.3. The van der Waals surface area contributed by atoms with Gasteiger partial charge in [-0.3, -0.25) is 9.59 Å².